The van der Waals surface area contributed by atoms with E-state index in [1.165, 1.54) is 0 Å². The summed E-state index contributed by atoms with van der Waals surface area (Å²) < 4.78 is 11.8. The zero-order valence-corrected chi connectivity index (χ0v) is 10.1. The van der Waals surface area contributed by atoms with Crippen molar-refractivity contribution in [2.75, 3.05) is 13.2 Å². The molecule has 16 heavy (non-hydrogen) atoms. The van der Waals surface area contributed by atoms with Crippen LogP contribution in [0.4, 0.5) is 0 Å². The van der Waals surface area contributed by atoms with Gasteiger partial charge in [0.25, 0.3) is 0 Å². The molecule has 0 saturated heterocycles. The minimum Gasteiger partial charge on any atom is -0.483 e. The van der Waals surface area contributed by atoms with E-state index < -0.39 is 0 Å². The van der Waals surface area contributed by atoms with E-state index in [9.17, 15) is 4.79 Å². The fraction of sp³-hybridized carbons (Fsp3) is 0.250. The minimum atomic E-state index is -0.117. The Morgan fingerprint density at radius 1 is 1.50 bits per heavy atom. The average molecular weight is 283 g/mol. The molecule has 84 valence electrons. The first-order valence-corrected chi connectivity index (χ1v) is 5.74. The molecule has 2 rings (SSSR count). The third-order valence-corrected chi connectivity index (χ3v) is 2.72. The first kappa shape index (κ1) is 11.4. The third-order valence-electron chi connectivity index (χ3n) is 2.22. The monoisotopic (exact) mass is 282 g/mol. The number of carbonyl (C=O) groups is 1. The van der Waals surface area contributed by atoms with Crippen LogP contribution in [0.15, 0.2) is 34.8 Å². The fourth-order valence-corrected chi connectivity index (χ4v) is 1.85. The number of aldehydes is 1. The molecule has 1 aromatic carbocycles. The van der Waals surface area contributed by atoms with Crippen molar-refractivity contribution in [1.82, 2.24) is 0 Å². The van der Waals surface area contributed by atoms with Gasteiger partial charge in [0.05, 0.1) is 18.8 Å². The molecule has 0 bridgehead atoms. The molecule has 4 heteroatoms. The van der Waals surface area contributed by atoms with Crippen molar-refractivity contribution in [2.24, 2.45) is 0 Å². The summed E-state index contributed by atoms with van der Waals surface area (Å²) in [6.07, 6.45) is 4.52. The van der Waals surface area contributed by atoms with E-state index in [4.69, 9.17) is 9.47 Å². The molecule has 0 N–H and O–H groups in total. The van der Waals surface area contributed by atoms with Crippen LogP contribution in [0.2, 0.25) is 0 Å². The Balaban J connectivity index is 2.16. The van der Waals surface area contributed by atoms with Gasteiger partial charge in [-0.2, -0.15) is 0 Å². The van der Waals surface area contributed by atoms with Crippen molar-refractivity contribution in [2.45, 2.75) is 6.10 Å². The first-order valence-electron chi connectivity index (χ1n) is 4.95. The van der Waals surface area contributed by atoms with Gasteiger partial charge in [0, 0.05) is 4.47 Å². The maximum atomic E-state index is 10.9. The van der Waals surface area contributed by atoms with Gasteiger partial charge in [-0.1, -0.05) is 22.0 Å². The van der Waals surface area contributed by atoms with Gasteiger partial charge in [0.1, 0.15) is 11.9 Å². The van der Waals surface area contributed by atoms with Crippen molar-refractivity contribution >= 4 is 22.2 Å². The summed E-state index contributed by atoms with van der Waals surface area (Å²) in [4.78, 5) is 10.9. The fourth-order valence-electron chi connectivity index (χ4n) is 1.47. The largest absolute Gasteiger partial charge is 0.483 e. The molecule has 0 spiro atoms. The predicted molar refractivity (Wildman–Crippen MR) is 63.9 cm³/mol. The molecule has 0 fully saturated rings. The van der Waals surface area contributed by atoms with Crippen molar-refractivity contribution in [3.63, 3.8) is 0 Å². The lowest BCUT2D eigenvalue weighted by Crippen LogP contribution is -2.24. The highest BCUT2D eigenvalue weighted by Crippen LogP contribution is 2.23. The second kappa shape index (κ2) is 5.27. The molecule has 0 saturated carbocycles. The molecule has 1 aromatic rings. The molecule has 1 aliphatic heterocycles. The molecule has 1 aliphatic rings. The topological polar surface area (TPSA) is 35.5 Å². The summed E-state index contributed by atoms with van der Waals surface area (Å²) in [5.41, 5.74) is 0.536. The minimum absolute atomic E-state index is 0.117. The van der Waals surface area contributed by atoms with Crippen LogP contribution in [-0.4, -0.2) is 25.6 Å². The SMILES string of the molecule is O=Cc1cc(Br)ccc1O[C@@H]1C=CCOC1. The number of ether oxygens (including phenoxy) is 2. The van der Waals surface area contributed by atoms with E-state index >= 15 is 0 Å². The van der Waals surface area contributed by atoms with Gasteiger partial charge in [0.15, 0.2) is 6.29 Å². The van der Waals surface area contributed by atoms with E-state index in [0.29, 0.717) is 24.5 Å². The highest BCUT2D eigenvalue weighted by Gasteiger charge is 2.12. The van der Waals surface area contributed by atoms with Gasteiger partial charge in [-0.3, -0.25) is 4.79 Å². The van der Waals surface area contributed by atoms with Crippen LogP contribution in [0.3, 0.4) is 0 Å². The molecule has 0 amide bonds. The van der Waals surface area contributed by atoms with Crippen molar-refractivity contribution < 1.29 is 14.3 Å². The summed E-state index contributed by atoms with van der Waals surface area (Å²) in [6, 6.07) is 5.35. The van der Waals surface area contributed by atoms with Gasteiger partial charge in [-0.25, -0.2) is 0 Å². The Morgan fingerprint density at radius 3 is 3.06 bits per heavy atom. The van der Waals surface area contributed by atoms with Gasteiger partial charge in [0.2, 0.25) is 0 Å². The second-order valence-electron chi connectivity index (χ2n) is 3.42. The quantitative estimate of drug-likeness (QED) is 0.632. The number of carbonyl (C=O) groups excluding carboxylic acids is 1. The molecule has 0 unspecified atom stereocenters. The van der Waals surface area contributed by atoms with Gasteiger partial charge in [-0.15, -0.1) is 0 Å². The number of benzene rings is 1. The smallest absolute Gasteiger partial charge is 0.153 e. The highest BCUT2D eigenvalue weighted by atomic mass is 79.9. The van der Waals surface area contributed by atoms with E-state index in [1.807, 2.05) is 18.2 Å². The van der Waals surface area contributed by atoms with Gasteiger partial charge in [-0.05, 0) is 24.3 Å². The Morgan fingerprint density at radius 2 is 2.38 bits per heavy atom. The van der Waals surface area contributed by atoms with Crippen LogP contribution >= 0.6 is 15.9 Å². The highest BCUT2D eigenvalue weighted by molar-refractivity contribution is 9.10. The van der Waals surface area contributed by atoms with E-state index in [-0.39, 0.29) is 6.10 Å². The lowest BCUT2D eigenvalue weighted by molar-refractivity contribution is 0.0747. The summed E-state index contributed by atoms with van der Waals surface area (Å²) in [6.45, 7) is 1.14. The summed E-state index contributed by atoms with van der Waals surface area (Å²) in [7, 11) is 0. The molecular formula is C12H11BrO3. The summed E-state index contributed by atoms with van der Waals surface area (Å²) in [5, 5.41) is 0. The first-order chi connectivity index (χ1) is 7.79. The Bertz CT molecular complexity index is 415. The number of hydrogen-bond acceptors (Lipinski definition) is 3. The second-order valence-corrected chi connectivity index (χ2v) is 4.34. The maximum absolute atomic E-state index is 10.9. The molecule has 0 aliphatic carbocycles. The maximum Gasteiger partial charge on any atom is 0.153 e. The number of halogens is 1. The molecule has 0 radical (unpaired) electrons. The lowest BCUT2D eigenvalue weighted by atomic mass is 10.2. The zero-order chi connectivity index (χ0) is 11.4. The predicted octanol–water partition coefficient (Wildman–Crippen LogP) is 2.60. The van der Waals surface area contributed by atoms with E-state index in [1.54, 1.807) is 12.1 Å². The van der Waals surface area contributed by atoms with Gasteiger partial charge < -0.3 is 9.47 Å². The van der Waals surface area contributed by atoms with Crippen LogP contribution < -0.4 is 4.74 Å². The summed E-state index contributed by atoms with van der Waals surface area (Å²) in [5.74, 6) is 0.582. The van der Waals surface area contributed by atoms with Crippen LogP contribution in [-0.2, 0) is 4.74 Å². The van der Waals surface area contributed by atoms with Crippen LogP contribution in [0.1, 0.15) is 10.4 Å². The lowest BCUT2D eigenvalue weighted by Gasteiger charge is -2.19. The van der Waals surface area contributed by atoms with Crippen molar-refractivity contribution in [1.29, 1.82) is 0 Å². The van der Waals surface area contributed by atoms with Crippen molar-refractivity contribution in [3.05, 3.63) is 40.4 Å². The Hall–Kier alpha value is -1.13. The molecule has 1 atom stereocenters. The standard InChI is InChI=1S/C12H11BrO3/c13-10-3-4-12(9(6-10)7-14)16-11-2-1-5-15-8-11/h1-4,6-7,11H,5,8H2/t11-/m1/s1. The number of rotatable bonds is 3. The Labute approximate surface area is 102 Å². The summed E-state index contributed by atoms with van der Waals surface area (Å²) >= 11 is 3.31. The van der Waals surface area contributed by atoms with Crippen LogP contribution in [0.5, 0.6) is 5.75 Å². The molecule has 1 heterocycles. The molecule has 0 aromatic heterocycles. The third kappa shape index (κ3) is 2.71. The van der Waals surface area contributed by atoms with Crippen LogP contribution in [0, 0.1) is 0 Å². The van der Waals surface area contributed by atoms with E-state index in [2.05, 4.69) is 15.9 Å². The Kier molecular flexibility index (Phi) is 3.74. The number of hydrogen-bond donors (Lipinski definition) is 0. The molecule has 3 nitrogen and oxygen atoms in total. The van der Waals surface area contributed by atoms with E-state index in [0.717, 1.165) is 10.8 Å². The van der Waals surface area contributed by atoms with Gasteiger partial charge >= 0.3 is 0 Å². The van der Waals surface area contributed by atoms with Crippen molar-refractivity contribution in [3.8, 4) is 5.75 Å². The average Bonchev–Trinajstić information content (AvgIpc) is 2.33. The molecular weight excluding hydrogens is 272 g/mol. The zero-order valence-electron chi connectivity index (χ0n) is 8.56. The normalized spacial score (nSPS) is 19.4. The van der Waals surface area contributed by atoms with Crippen LogP contribution in [0.25, 0.3) is 0 Å².